The van der Waals surface area contributed by atoms with Gasteiger partial charge < -0.3 is 4.90 Å². The summed E-state index contributed by atoms with van der Waals surface area (Å²) in [7, 11) is 0. The minimum Gasteiger partial charge on any atom is -0.337 e. The zero-order valence-corrected chi connectivity index (χ0v) is 16.9. The van der Waals surface area contributed by atoms with Crippen LogP contribution < -0.4 is 0 Å². The summed E-state index contributed by atoms with van der Waals surface area (Å²) in [6, 6.07) is 13.8. The predicted octanol–water partition coefficient (Wildman–Crippen LogP) is 2.98. The lowest BCUT2D eigenvalue weighted by Crippen LogP contribution is -2.35. The van der Waals surface area contributed by atoms with E-state index >= 15 is 0 Å². The van der Waals surface area contributed by atoms with Crippen molar-refractivity contribution >= 4 is 5.91 Å². The molecule has 0 atom stereocenters. The molecule has 1 amide bonds. The molecule has 1 aliphatic heterocycles. The Hall–Kier alpha value is -2.99. The van der Waals surface area contributed by atoms with Crippen molar-refractivity contribution in [2.75, 3.05) is 26.2 Å². The molecule has 2 aromatic heterocycles. The van der Waals surface area contributed by atoms with Crippen LogP contribution in [0.4, 0.5) is 0 Å². The Labute approximate surface area is 171 Å². The third kappa shape index (κ3) is 4.71. The zero-order chi connectivity index (χ0) is 20.1. The van der Waals surface area contributed by atoms with E-state index in [0.717, 1.165) is 56.0 Å². The summed E-state index contributed by atoms with van der Waals surface area (Å²) in [5.74, 6) is 0.114. The van der Waals surface area contributed by atoms with E-state index in [1.165, 1.54) is 5.56 Å². The summed E-state index contributed by atoms with van der Waals surface area (Å²) in [5.41, 5.74) is 4.12. The van der Waals surface area contributed by atoms with Crippen molar-refractivity contribution in [1.29, 1.82) is 0 Å². The summed E-state index contributed by atoms with van der Waals surface area (Å²) in [4.78, 5) is 22.2. The maximum Gasteiger partial charge on any atom is 0.254 e. The Kier molecular flexibility index (Phi) is 6.00. The lowest BCUT2D eigenvalue weighted by molar-refractivity contribution is 0.0759. The van der Waals surface area contributed by atoms with Crippen molar-refractivity contribution in [3.63, 3.8) is 0 Å². The van der Waals surface area contributed by atoms with E-state index in [0.29, 0.717) is 6.54 Å². The highest BCUT2D eigenvalue weighted by molar-refractivity contribution is 5.95. The summed E-state index contributed by atoms with van der Waals surface area (Å²) >= 11 is 0. The van der Waals surface area contributed by atoms with E-state index in [1.54, 1.807) is 6.20 Å². The van der Waals surface area contributed by atoms with E-state index in [-0.39, 0.29) is 5.91 Å². The van der Waals surface area contributed by atoms with Crippen molar-refractivity contribution in [1.82, 2.24) is 24.6 Å². The highest BCUT2D eigenvalue weighted by atomic mass is 16.2. The summed E-state index contributed by atoms with van der Waals surface area (Å²) in [6.07, 6.45) is 6.51. The molecule has 4 rings (SSSR count). The molecule has 1 saturated heterocycles. The number of rotatable bonds is 5. The van der Waals surface area contributed by atoms with Crippen LogP contribution in [0.2, 0.25) is 0 Å². The van der Waals surface area contributed by atoms with Crippen LogP contribution in [-0.4, -0.2) is 56.7 Å². The number of nitrogens with zero attached hydrogens (tertiary/aromatic N) is 5. The van der Waals surface area contributed by atoms with Gasteiger partial charge in [0.05, 0.1) is 12.2 Å². The average molecular weight is 390 g/mol. The standard InChI is InChI=1S/C23H27N5O/c1-19-7-4-10-24-22(19)18-26-12-6-13-27(16-15-26)23(29)21-9-3-2-8-20(21)17-28-14-5-11-25-28/h2-5,7-11,14H,6,12-13,15-18H2,1H3. The van der Waals surface area contributed by atoms with Gasteiger partial charge in [-0.25, -0.2) is 0 Å². The Balaban J connectivity index is 1.43. The van der Waals surface area contributed by atoms with Gasteiger partial charge in [-0.1, -0.05) is 24.3 Å². The van der Waals surface area contributed by atoms with Gasteiger partial charge in [0.15, 0.2) is 0 Å². The third-order valence-corrected chi connectivity index (χ3v) is 5.51. The van der Waals surface area contributed by atoms with Crippen molar-refractivity contribution in [3.05, 3.63) is 83.4 Å². The van der Waals surface area contributed by atoms with Gasteiger partial charge in [0.2, 0.25) is 0 Å². The molecule has 29 heavy (non-hydrogen) atoms. The molecule has 6 nitrogen and oxygen atoms in total. The van der Waals surface area contributed by atoms with Crippen molar-refractivity contribution < 1.29 is 4.79 Å². The topological polar surface area (TPSA) is 54.3 Å². The van der Waals surface area contributed by atoms with Gasteiger partial charge in [-0.15, -0.1) is 0 Å². The fourth-order valence-corrected chi connectivity index (χ4v) is 3.83. The lowest BCUT2D eigenvalue weighted by Gasteiger charge is -2.23. The number of benzene rings is 1. The molecule has 3 aromatic rings. The van der Waals surface area contributed by atoms with E-state index in [9.17, 15) is 4.79 Å². The minimum absolute atomic E-state index is 0.114. The van der Waals surface area contributed by atoms with Gasteiger partial charge in [0.25, 0.3) is 5.91 Å². The second-order valence-corrected chi connectivity index (χ2v) is 7.55. The molecule has 0 bridgehead atoms. The molecule has 0 radical (unpaired) electrons. The van der Waals surface area contributed by atoms with Gasteiger partial charge in [-0.2, -0.15) is 5.10 Å². The van der Waals surface area contributed by atoms with E-state index in [1.807, 2.05) is 58.4 Å². The molecular formula is C23H27N5O. The van der Waals surface area contributed by atoms with E-state index in [2.05, 4.69) is 28.0 Å². The average Bonchev–Trinajstić information content (AvgIpc) is 3.14. The van der Waals surface area contributed by atoms with Gasteiger partial charge in [0.1, 0.15) is 0 Å². The Bertz CT molecular complexity index is 953. The van der Waals surface area contributed by atoms with E-state index in [4.69, 9.17) is 0 Å². The summed E-state index contributed by atoms with van der Waals surface area (Å²) in [6.45, 7) is 6.91. The number of aryl methyl sites for hydroxylation is 1. The maximum atomic E-state index is 13.3. The number of carbonyl (C=O) groups excluding carboxylic acids is 1. The smallest absolute Gasteiger partial charge is 0.254 e. The molecule has 1 aliphatic rings. The first-order chi connectivity index (χ1) is 14.2. The molecule has 6 heteroatoms. The summed E-state index contributed by atoms with van der Waals surface area (Å²) in [5, 5.41) is 4.28. The number of pyridine rings is 1. The number of carbonyl (C=O) groups is 1. The lowest BCUT2D eigenvalue weighted by atomic mass is 10.1. The van der Waals surface area contributed by atoms with Crippen LogP contribution >= 0.6 is 0 Å². The first kappa shape index (κ1) is 19.3. The fourth-order valence-electron chi connectivity index (χ4n) is 3.83. The predicted molar refractivity (Wildman–Crippen MR) is 113 cm³/mol. The molecule has 0 aliphatic carbocycles. The SMILES string of the molecule is Cc1cccnc1CN1CCCN(C(=O)c2ccccc2Cn2cccn2)CC1. The van der Waals surface area contributed by atoms with E-state index < -0.39 is 0 Å². The molecule has 1 aromatic carbocycles. The number of aromatic nitrogens is 3. The van der Waals surface area contributed by atoms with Gasteiger partial charge in [-0.3, -0.25) is 19.4 Å². The van der Waals surface area contributed by atoms with Crippen LogP contribution in [-0.2, 0) is 13.1 Å². The molecule has 0 N–H and O–H groups in total. The van der Waals surface area contributed by atoms with Crippen LogP contribution in [0.15, 0.2) is 61.1 Å². The Morgan fingerprint density at radius 2 is 1.86 bits per heavy atom. The minimum atomic E-state index is 0.114. The molecule has 0 unspecified atom stereocenters. The summed E-state index contributed by atoms with van der Waals surface area (Å²) < 4.78 is 1.85. The normalized spacial score (nSPS) is 15.3. The molecule has 0 spiro atoms. The van der Waals surface area contributed by atoms with Gasteiger partial charge >= 0.3 is 0 Å². The molecule has 150 valence electrons. The first-order valence-electron chi connectivity index (χ1n) is 10.2. The quantitative estimate of drug-likeness (QED) is 0.673. The molecule has 0 saturated carbocycles. The van der Waals surface area contributed by atoms with Gasteiger partial charge in [0, 0.05) is 56.9 Å². The van der Waals surface area contributed by atoms with Gasteiger partial charge in [-0.05, 0) is 42.7 Å². The Morgan fingerprint density at radius 1 is 0.966 bits per heavy atom. The van der Waals surface area contributed by atoms with Crippen LogP contribution in [0.25, 0.3) is 0 Å². The Morgan fingerprint density at radius 3 is 2.69 bits per heavy atom. The molecular weight excluding hydrogens is 362 g/mol. The highest BCUT2D eigenvalue weighted by Crippen LogP contribution is 2.16. The van der Waals surface area contributed by atoms with Crippen LogP contribution in [0.3, 0.4) is 0 Å². The zero-order valence-electron chi connectivity index (χ0n) is 16.9. The first-order valence-corrected chi connectivity index (χ1v) is 10.2. The van der Waals surface area contributed by atoms with Crippen LogP contribution in [0.1, 0.15) is 33.6 Å². The monoisotopic (exact) mass is 389 g/mol. The third-order valence-electron chi connectivity index (χ3n) is 5.51. The van der Waals surface area contributed by atoms with Crippen LogP contribution in [0.5, 0.6) is 0 Å². The maximum absolute atomic E-state index is 13.3. The number of hydrogen-bond donors (Lipinski definition) is 0. The van der Waals surface area contributed by atoms with Crippen molar-refractivity contribution in [3.8, 4) is 0 Å². The second kappa shape index (κ2) is 9.01. The highest BCUT2D eigenvalue weighted by Gasteiger charge is 2.22. The molecule has 1 fully saturated rings. The largest absolute Gasteiger partial charge is 0.337 e. The number of hydrogen-bond acceptors (Lipinski definition) is 4. The van der Waals surface area contributed by atoms with Crippen LogP contribution in [0, 0.1) is 6.92 Å². The van der Waals surface area contributed by atoms with Crippen molar-refractivity contribution in [2.24, 2.45) is 0 Å². The number of amides is 1. The molecule has 3 heterocycles. The fraction of sp³-hybridized carbons (Fsp3) is 0.348. The van der Waals surface area contributed by atoms with Crippen molar-refractivity contribution in [2.45, 2.75) is 26.4 Å². The second-order valence-electron chi connectivity index (χ2n) is 7.55.